The maximum Gasteiger partial charge on any atom is 0.277 e. The highest BCUT2D eigenvalue weighted by Gasteiger charge is 2.39. The number of hydrogen-bond acceptors (Lipinski definition) is 6. The molecule has 2 heterocycles. The number of terminal acetylenes is 1. The maximum atomic E-state index is 14.2. The molecule has 0 bridgehead atoms. The third-order valence-corrected chi connectivity index (χ3v) is 9.58. The molecule has 0 aliphatic heterocycles. The third kappa shape index (κ3) is 4.82. The predicted octanol–water partition coefficient (Wildman–Crippen LogP) is 5.09. The molecule has 1 N–H and O–H groups in total. The number of rotatable bonds is 8. The Labute approximate surface area is 233 Å². The van der Waals surface area contributed by atoms with Gasteiger partial charge in [-0.2, -0.15) is 4.98 Å². The lowest BCUT2D eigenvalue weighted by Crippen LogP contribution is -2.34. The van der Waals surface area contributed by atoms with Crippen molar-refractivity contribution >= 4 is 9.84 Å². The second-order valence-corrected chi connectivity index (χ2v) is 12.6. The van der Waals surface area contributed by atoms with Crippen molar-refractivity contribution in [3.8, 4) is 29.4 Å². The number of nitrogens with zero attached hydrogens (tertiary/aromatic N) is 3. The van der Waals surface area contributed by atoms with E-state index in [0.29, 0.717) is 23.7 Å². The molecular formula is C32H29N3O4S. The van der Waals surface area contributed by atoms with Crippen molar-refractivity contribution < 1.29 is 13.5 Å². The van der Waals surface area contributed by atoms with Crippen LogP contribution in [0.15, 0.2) is 81.4 Å². The fourth-order valence-electron chi connectivity index (χ4n) is 5.37. The van der Waals surface area contributed by atoms with E-state index in [9.17, 15) is 18.3 Å². The smallest absolute Gasteiger partial charge is 0.277 e. The van der Waals surface area contributed by atoms with Crippen LogP contribution >= 0.6 is 0 Å². The molecule has 2 aliphatic rings. The number of sulfone groups is 1. The summed E-state index contributed by atoms with van der Waals surface area (Å²) < 4.78 is 29.3. The molecule has 1 atom stereocenters. The Kier molecular flexibility index (Phi) is 6.55. The van der Waals surface area contributed by atoms with E-state index in [2.05, 4.69) is 15.9 Å². The quantitative estimate of drug-likeness (QED) is 0.306. The van der Waals surface area contributed by atoms with Crippen LogP contribution in [0.5, 0.6) is 5.88 Å². The molecular weight excluding hydrogens is 522 g/mol. The highest BCUT2D eigenvalue weighted by Crippen LogP contribution is 2.45. The van der Waals surface area contributed by atoms with Gasteiger partial charge in [0.25, 0.3) is 5.56 Å². The maximum absolute atomic E-state index is 14.2. The summed E-state index contributed by atoms with van der Waals surface area (Å²) in [5, 5.41) is 10.9. The Bertz CT molecular complexity index is 1810. The number of aromatic nitrogens is 3. The lowest BCUT2D eigenvalue weighted by Gasteiger charge is -2.24. The molecule has 4 aromatic rings. The second-order valence-electron chi connectivity index (χ2n) is 10.7. The summed E-state index contributed by atoms with van der Waals surface area (Å²) >= 11 is 0. The molecule has 0 unspecified atom stereocenters. The number of hydrogen-bond donors (Lipinski definition) is 1. The van der Waals surface area contributed by atoms with Crippen LogP contribution < -0.4 is 5.56 Å². The van der Waals surface area contributed by atoms with Gasteiger partial charge in [-0.25, -0.2) is 8.42 Å². The normalized spacial score (nSPS) is 15.9. The molecule has 0 spiro atoms. The van der Waals surface area contributed by atoms with Crippen molar-refractivity contribution in [2.75, 3.05) is 0 Å². The number of pyridine rings is 1. The average molecular weight is 552 g/mol. The topological polar surface area (TPSA) is 102 Å². The molecule has 2 saturated carbocycles. The summed E-state index contributed by atoms with van der Waals surface area (Å²) in [6.07, 6.45) is 11.7. The summed E-state index contributed by atoms with van der Waals surface area (Å²) in [4.78, 5) is 22.1. The van der Waals surface area contributed by atoms with Crippen molar-refractivity contribution in [1.82, 2.24) is 14.5 Å². The van der Waals surface area contributed by atoms with Crippen LogP contribution in [0.1, 0.15) is 54.4 Å². The Morgan fingerprint density at radius 1 is 1.07 bits per heavy atom. The first kappa shape index (κ1) is 26.0. The van der Waals surface area contributed by atoms with Crippen molar-refractivity contribution in [2.24, 2.45) is 11.8 Å². The van der Waals surface area contributed by atoms with Crippen molar-refractivity contribution in [2.45, 2.75) is 54.9 Å². The Balaban J connectivity index is 1.49. The van der Waals surface area contributed by atoms with Gasteiger partial charge in [0.2, 0.25) is 15.7 Å². The second kappa shape index (κ2) is 10.1. The first-order valence-electron chi connectivity index (χ1n) is 13.5. The summed E-state index contributed by atoms with van der Waals surface area (Å²) in [6.45, 7) is 1.88. The number of aryl methyl sites for hydroxylation is 1. The van der Waals surface area contributed by atoms with Gasteiger partial charge in [0, 0.05) is 29.4 Å². The zero-order chi connectivity index (χ0) is 28.0. The molecule has 2 aliphatic carbocycles. The Morgan fingerprint density at radius 3 is 2.48 bits per heavy atom. The van der Waals surface area contributed by atoms with E-state index in [4.69, 9.17) is 6.42 Å². The zero-order valence-corrected chi connectivity index (χ0v) is 22.9. The van der Waals surface area contributed by atoms with Crippen LogP contribution in [0.3, 0.4) is 0 Å². The summed E-state index contributed by atoms with van der Waals surface area (Å²) in [7, 11) is -4.39. The van der Waals surface area contributed by atoms with Crippen molar-refractivity contribution in [3.63, 3.8) is 0 Å². The van der Waals surface area contributed by atoms with Gasteiger partial charge in [-0.15, -0.1) is 6.42 Å². The van der Waals surface area contributed by atoms with E-state index >= 15 is 0 Å². The molecule has 2 aromatic carbocycles. The van der Waals surface area contributed by atoms with Crippen LogP contribution in [0, 0.1) is 31.1 Å². The lowest BCUT2D eigenvalue weighted by atomic mass is 9.99. The van der Waals surface area contributed by atoms with E-state index in [1.165, 1.54) is 16.7 Å². The molecule has 8 heteroatoms. The number of benzene rings is 2. The van der Waals surface area contributed by atoms with Crippen LogP contribution in [0.4, 0.5) is 0 Å². The van der Waals surface area contributed by atoms with Crippen molar-refractivity contribution in [3.05, 3.63) is 99.9 Å². The molecule has 0 amide bonds. The lowest BCUT2D eigenvalue weighted by molar-refractivity contribution is 0.399. The first-order valence-corrected chi connectivity index (χ1v) is 14.9. The minimum Gasteiger partial charge on any atom is -0.492 e. The summed E-state index contributed by atoms with van der Waals surface area (Å²) in [6, 6.07) is 17.0. The van der Waals surface area contributed by atoms with Crippen LogP contribution in [-0.4, -0.2) is 28.1 Å². The average Bonchev–Trinajstić information content (AvgIpc) is 3.87. The molecule has 2 fully saturated rings. The fraction of sp³-hybridized carbons (Fsp3) is 0.281. The molecule has 7 nitrogen and oxygen atoms in total. The molecule has 40 heavy (non-hydrogen) atoms. The van der Waals surface area contributed by atoms with E-state index in [1.54, 1.807) is 18.3 Å². The Morgan fingerprint density at radius 2 is 1.82 bits per heavy atom. The number of aromatic hydroxyl groups is 1. The third-order valence-electron chi connectivity index (χ3n) is 7.79. The first-order chi connectivity index (χ1) is 19.3. The summed E-state index contributed by atoms with van der Waals surface area (Å²) in [5.74, 6) is 2.81. The Hall–Kier alpha value is -4.22. The predicted molar refractivity (Wildman–Crippen MR) is 152 cm³/mol. The van der Waals surface area contributed by atoms with Gasteiger partial charge in [-0.05, 0) is 85.9 Å². The van der Waals surface area contributed by atoms with Crippen LogP contribution in [0.25, 0.3) is 11.1 Å². The molecule has 0 radical (unpaired) electrons. The largest absolute Gasteiger partial charge is 0.492 e. The van der Waals surface area contributed by atoms with Gasteiger partial charge in [0.1, 0.15) is 5.82 Å². The minimum atomic E-state index is -4.39. The van der Waals surface area contributed by atoms with Gasteiger partial charge in [-0.3, -0.25) is 14.3 Å². The molecule has 2 aromatic heterocycles. The molecule has 0 saturated heterocycles. The van der Waals surface area contributed by atoms with Crippen molar-refractivity contribution in [1.29, 1.82) is 0 Å². The monoisotopic (exact) mass is 551 g/mol. The van der Waals surface area contributed by atoms with Crippen LogP contribution in [-0.2, 0) is 16.3 Å². The van der Waals surface area contributed by atoms with Gasteiger partial charge in [0.15, 0.2) is 4.90 Å². The molecule has 6 rings (SSSR count). The standard InChI is InChI=1S/C32H29N3O4S/c1-3-21-6-4-7-25(18-21)29(24-11-12-24)35-28(19-22-9-10-22)34-31(36)30(32(35)37)40(38,39)26-15-13-23(14-16-26)27-8-5-17-33-20(27)2/h1,4-8,13-18,22,24,29,36H,9-12,19H2,2H3/t29-/m0/s1. The highest BCUT2D eigenvalue weighted by molar-refractivity contribution is 7.91. The van der Waals surface area contributed by atoms with Gasteiger partial charge >= 0.3 is 0 Å². The van der Waals surface area contributed by atoms with Crippen LogP contribution in [0.2, 0.25) is 0 Å². The van der Waals surface area contributed by atoms with E-state index in [-0.39, 0.29) is 10.8 Å². The fourth-order valence-corrected chi connectivity index (χ4v) is 6.72. The summed E-state index contributed by atoms with van der Waals surface area (Å²) in [5.41, 5.74) is 3.26. The van der Waals surface area contributed by atoms with Gasteiger partial charge < -0.3 is 5.11 Å². The minimum absolute atomic E-state index is 0.0919. The highest BCUT2D eigenvalue weighted by atomic mass is 32.2. The van der Waals surface area contributed by atoms with Gasteiger partial charge in [0.05, 0.1) is 10.9 Å². The van der Waals surface area contributed by atoms with Gasteiger partial charge in [-0.1, -0.05) is 36.3 Å². The zero-order valence-electron chi connectivity index (χ0n) is 22.1. The van der Waals surface area contributed by atoms with E-state index < -0.39 is 32.2 Å². The SMILES string of the molecule is C#Cc1cccc([C@H](C2CC2)n2c(CC3CC3)nc(O)c(S(=O)(=O)c3ccc(-c4cccnc4C)cc3)c2=O)c1. The van der Waals surface area contributed by atoms with E-state index in [0.717, 1.165) is 48.1 Å². The van der Waals surface area contributed by atoms with E-state index in [1.807, 2.05) is 43.3 Å². The molecule has 202 valence electrons.